The van der Waals surface area contributed by atoms with Crippen LogP contribution in [0.25, 0.3) is 49.7 Å². The van der Waals surface area contributed by atoms with Gasteiger partial charge in [-0.15, -0.1) is 0 Å². The molecule has 7 aromatic carbocycles. The predicted molar refractivity (Wildman–Crippen MR) is 187 cm³/mol. The summed E-state index contributed by atoms with van der Waals surface area (Å²) in [7, 11) is 0. The van der Waals surface area contributed by atoms with Crippen LogP contribution < -0.4 is 0 Å². The van der Waals surface area contributed by atoms with Gasteiger partial charge in [-0.2, -0.15) is 0 Å². The average molecular weight is 586 g/mol. The van der Waals surface area contributed by atoms with Crippen molar-refractivity contribution in [1.82, 2.24) is 4.57 Å². The molecule has 1 atom stereocenters. The Labute approximate surface area is 266 Å². The number of benzene rings is 7. The van der Waals surface area contributed by atoms with Crippen LogP contribution in [-0.4, -0.2) is 10.4 Å². The molecule has 0 bridgehead atoms. The van der Waals surface area contributed by atoms with E-state index in [-0.39, 0.29) is 5.78 Å². The Bertz CT molecular complexity index is 2490. The molecular weight excluding hydrogens is 558 g/mol. The van der Waals surface area contributed by atoms with E-state index in [2.05, 4.69) is 132 Å². The van der Waals surface area contributed by atoms with Crippen molar-refractivity contribution in [3.05, 3.63) is 197 Å². The maximum absolute atomic E-state index is 13.9. The molecule has 0 N–H and O–H groups in total. The van der Waals surface area contributed by atoms with E-state index in [9.17, 15) is 4.79 Å². The molecular formula is C44H27NO. The monoisotopic (exact) mass is 585 g/mol. The molecule has 2 aliphatic carbocycles. The van der Waals surface area contributed by atoms with Crippen LogP contribution in [0.5, 0.6) is 0 Å². The molecule has 10 rings (SSSR count). The minimum absolute atomic E-state index is 0.0417. The van der Waals surface area contributed by atoms with Gasteiger partial charge in [-0.05, 0) is 74.8 Å². The first-order valence-electron chi connectivity index (χ1n) is 15.8. The van der Waals surface area contributed by atoms with Crippen molar-refractivity contribution in [3.8, 4) is 27.9 Å². The predicted octanol–water partition coefficient (Wildman–Crippen LogP) is 10.4. The quantitative estimate of drug-likeness (QED) is 0.189. The van der Waals surface area contributed by atoms with E-state index in [1.807, 2.05) is 36.4 Å². The summed E-state index contributed by atoms with van der Waals surface area (Å²) in [4.78, 5) is 13.9. The summed E-state index contributed by atoms with van der Waals surface area (Å²) in [6, 6.07) is 57.9. The number of carbonyl (C=O) groups is 1. The Morgan fingerprint density at radius 3 is 1.57 bits per heavy atom. The maximum Gasteiger partial charge on any atom is 0.193 e. The van der Waals surface area contributed by atoms with E-state index in [0.29, 0.717) is 11.1 Å². The van der Waals surface area contributed by atoms with E-state index < -0.39 is 5.41 Å². The largest absolute Gasteiger partial charge is 0.309 e. The lowest BCUT2D eigenvalue weighted by Gasteiger charge is -2.31. The average Bonchev–Trinajstić information content (AvgIpc) is 3.73. The summed E-state index contributed by atoms with van der Waals surface area (Å²) in [6.45, 7) is 0. The first-order valence-corrected chi connectivity index (χ1v) is 15.8. The second kappa shape index (κ2) is 9.26. The third kappa shape index (κ3) is 3.18. The highest BCUT2D eigenvalue weighted by Crippen LogP contribution is 2.63. The van der Waals surface area contributed by atoms with Crippen molar-refractivity contribution in [1.29, 1.82) is 0 Å². The molecule has 0 amide bonds. The Kier molecular flexibility index (Phi) is 5.10. The van der Waals surface area contributed by atoms with Crippen LogP contribution in [0.15, 0.2) is 164 Å². The lowest BCUT2D eigenvalue weighted by Crippen LogP contribution is -2.26. The highest BCUT2D eigenvalue weighted by atomic mass is 16.1. The van der Waals surface area contributed by atoms with E-state index >= 15 is 0 Å². The minimum Gasteiger partial charge on any atom is -0.309 e. The van der Waals surface area contributed by atoms with Gasteiger partial charge >= 0.3 is 0 Å². The Hall–Kier alpha value is -5.99. The van der Waals surface area contributed by atoms with Gasteiger partial charge in [-0.3, -0.25) is 4.79 Å². The van der Waals surface area contributed by atoms with Crippen LogP contribution in [0.2, 0.25) is 0 Å². The van der Waals surface area contributed by atoms with E-state index in [1.165, 1.54) is 66.3 Å². The summed E-state index contributed by atoms with van der Waals surface area (Å²) in [5.41, 5.74) is 14.2. The molecule has 8 aromatic rings. The number of hydrogen-bond acceptors (Lipinski definition) is 1. The SMILES string of the molecule is O=C(c1ccccc1)c1ccc2c(c1)C1(c3ccccc3-2)c2ccccc2-c2ccc(-n3c4ccccc4c4ccccc43)cc21. The summed E-state index contributed by atoms with van der Waals surface area (Å²) in [6.07, 6.45) is 0. The molecule has 0 saturated heterocycles. The standard InChI is InChI=1S/C44H27NO/c46-43(28-12-2-1-3-13-28)29-22-24-33-31-14-4-8-18-37(31)44(39(33)26-29)38-19-9-5-15-32(38)34-25-23-30(27-40(34)44)45-41-20-10-6-16-35(41)36-17-7-11-21-42(36)45/h1-27H. The summed E-state index contributed by atoms with van der Waals surface area (Å²) in [5.74, 6) is 0.0417. The fourth-order valence-electron chi connectivity index (χ4n) is 8.36. The van der Waals surface area contributed by atoms with Gasteiger partial charge in [-0.1, -0.05) is 133 Å². The number of hydrogen-bond donors (Lipinski definition) is 0. The van der Waals surface area contributed by atoms with Crippen LogP contribution in [0, 0.1) is 0 Å². The molecule has 2 heteroatoms. The van der Waals surface area contributed by atoms with Gasteiger partial charge in [0.25, 0.3) is 0 Å². The number of ketones is 1. The van der Waals surface area contributed by atoms with Crippen molar-refractivity contribution in [3.63, 3.8) is 0 Å². The minimum atomic E-state index is -0.556. The molecule has 2 aliphatic rings. The smallest absolute Gasteiger partial charge is 0.193 e. The van der Waals surface area contributed by atoms with Crippen LogP contribution >= 0.6 is 0 Å². The second-order valence-corrected chi connectivity index (χ2v) is 12.4. The second-order valence-electron chi connectivity index (χ2n) is 12.4. The van der Waals surface area contributed by atoms with Gasteiger partial charge in [0.2, 0.25) is 0 Å². The molecule has 1 unspecified atom stereocenters. The van der Waals surface area contributed by atoms with Crippen LogP contribution in [0.4, 0.5) is 0 Å². The molecule has 0 saturated carbocycles. The first-order chi connectivity index (χ1) is 22.7. The number of carbonyl (C=O) groups excluding carboxylic acids is 1. The van der Waals surface area contributed by atoms with E-state index in [1.54, 1.807) is 0 Å². The van der Waals surface area contributed by atoms with Crippen molar-refractivity contribution >= 4 is 27.6 Å². The summed E-state index contributed by atoms with van der Waals surface area (Å²) < 4.78 is 2.40. The van der Waals surface area contributed by atoms with Gasteiger partial charge in [0, 0.05) is 27.6 Å². The molecule has 1 aromatic heterocycles. The van der Waals surface area contributed by atoms with E-state index in [4.69, 9.17) is 0 Å². The van der Waals surface area contributed by atoms with Gasteiger partial charge < -0.3 is 4.57 Å². The van der Waals surface area contributed by atoms with Gasteiger partial charge in [0.1, 0.15) is 0 Å². The lowest BCUT2D eigenvalue weighted by molar-refractivity contribution is 0.103. The van der Waals surface area contributed by atoms with Crippen molar-refractivity contribution < 1.29 is 4.79 Å². The third-order valence-corrected chi connectivity index (χ3v) is 10.2. The molecule has 214 valence electrons. The zero-order valence-corrected chi connectivity index (χ0v) is 24.9. The number of rotatable bonds is 3. The topological polar surface area (TPSA) is 22.0 Å². The summed E-state index contributed by atoms with van der Waals surface area (Å²) >= 11 is 0. The Morgan fingerprint density at radius 2 is 0.913 bits per heavy atom. The number of fused-ring (bicyclic) bond motifs is 13. The van der Waals surface area contributed by atoms with Crippen molar-refractivity contribution in [2.45, 2.75) is 5.41 Å². The first kappa shape index (κ1) is 25.3. The molecule has 0 fully saturated rings. The Balaban J connectivity index is 1.30. The molecule has 1 spiro atoms. The third-order valence-electron chi connectivity index (χ3n) is 10.2. The lowest BCUT2D eigenvalue weighted by atomic mass is 9.70. The number of nitrogens with zero attached hydrogens (tertiary/aromatic N) is 1. The summed E-state index contributed by atoms with van der Waals surface area (Å²) in [5, 5.41) is 2.49. The molecule has 0 radical (unpaired) electrons. The normalized spacial score (nSPS) is 15.6. The van der Waals surface area contributed by atoms with Crippen LogP contribution in [0.1, 0.15) is 38.2 Å². The Morgan fingerprint density at radius 1 is 0.413 bits per heavy atom. The van der Waals surface area contributed by atoms with Gasteiger partial charge in [0.05, 0.1) is 16.4 Å². The maximum atomic E-state index is 13.9. The molecule has 0 aliphatic heterocycles. The van der Waals surface area contributed by atoms with Crippen LogP contribution in [-0.2, 0) is 5.41 Å². The number of para-hydroxylation sites is 2. The van der Waals surface area contributed by atoms with E-state index in [0.717, 1.165) is 5.69 Å². The number of aromatic nitrogens is 1. The van der Waals surface area contributed by atoms with Gasteiger partial charge in [0.15, 0.2) is 5.78 Å². The van der Waals surface area contributed by atoms with Gasteiger partial charge in [-0.25, -0.2) is 0 Å². The molecule has 2 nitrogen and oxygen atoms in total. The highest BCUT2D eigenvalue weighted by molar-refractivity contribution is 6.11. The fourth-order valence-corrected chi connectivity index (χ4v) is 8.36. The van der Waals surface area contributed by atoms with Crippen LogP contribution in [0.3, 0.4) is 0 Å². The van der Waals surface area contributed by atoms with Crippen molar-refractivity contribution in [2.75, 3.05) is 0 Å². The zero-order chi connectivity index (χ0) is 30.4. The molecule has 46 heavy (non-hydrogen) atoms. The highest BCUT2D eigenvalue weighted by Gasteiger charge is 2.52. The van der Waals surface area contributed by atoms with Crippen molar-refractivity contribution in [2.24, 2.45) is 0 Å². The molecule has 1 heterocycles. The fraction of sp³-hybridized carbons (Fsp3) is 0.0227. The zero-order valence-electron chi connectivity index (χ0n) is 24.9.